The number of nitrogens with zero attached hydrogens (tertiary/aromatic N) is 2. The fourth-order valence-corrected chi connectivity index (χ4v) is 4.04. The van der Waals surface area contributed by atoms with Gasteiger partial charge < -0.3 is 4.74 Å². The highest BCUT2D eigenvalue weighted by molar-refractivity contribution is 9.10. The van der Waals surface area contributed by atoms with Gasteiger partial charge in [0.25, 0.3) is 0 Å². The number of Topliss-reactive ketones (excluding diaryl/α,β-unsaturated/α-hetero) is 1. The van der Waals surface area contributed by atoms with Crippen LogP contribution >= 0.6 is 15.9 Å². The second-order valence-corrected chi connectivity index (χ2v) is 6.34. The molecule has 2 aliphatic rings. The Labute approximate surface area is 121 Å². The van der Waals surface area contributed by atoms with Gasteiger partial charge in [0, 0.05) is 19.4 Å². The van der Waals surface area contributed by atoms with Crippen LogP contribution in [0.25, 0.3) is 0 Å². The molecule has 5 heteroatoms. The summed E-state index contributed by atoms with van der Waals surface area (Å²) < 4.78 is 8.60. The third kappa shape index (κ3) is 2.27. The first kappa shape index (κ1) is 13.3. The number of carbonyl (C=O) groups is 1. The van der Waals surface area contributed by atoms with Crippen molar-refractivity contribution in [1.82, 2.24) is 9.78 Å². The van der Waals surface area contributed by atoms with Gasteiger partial charge in [0.1, 0.15) is 5.78 Å². The number of hydrogen-bond donors (Lipinski definition) is 0. The molecule has 0 spiro atoms. The fourth-order valence-electron chi connectivity index (χ4n) is 3.28. The molecule has 0 N–H and O–H groups in total. The Bertz CT molecular complexity index is 512. The van der Waals surface area contributed by atoms with Crippen LogP contribution in [0.2, 0.25) is 0 Å². The van der Waals surface area contributed by atoms with Crippen LogP contribution in [-0.4, -0.2) is 27.8 Å². The molecule has 3 rings (SSSR count). The summed E-state index contributed by atoms with van der Waals surface area (Å²) >= 11 is 3.57. The number of rotatable bonds is 4. The Kier molecular flexibility index (Phi) is 3.52. The molecular weight excluding hydrogens is 308 g/mol. The van der Waals surface area contributed by atoms with E-state index in [1.807, 2.05) is 11.7 Å². The summed E-state index contributed by atoms with van der Waals surface area (Å²) in [6, 6.07) is 0. The lowest BCUT2D eigenvalue weighted by molar-refractivity contribution is -0.123. The molecule has 4 nitrogen and oxygen atoms in total. The lowest BCUT2D eigenvalue weighted by Crippen LogP contribution is -2.27. The van der Waals surface area contributed by atoms with E-state index in [4.69, 9.17) is 4.74 Å². The molecule has 0 saturated carbocycles. The van der Waals surface area contributed by atoms with E-state index in [-0.39, 0.29) is 12.0 Å². The van der Waals surface area contributed by atoms with Gasteiger partial charge in [0.2, 0.25) is 0 Å². The lowest BCUT2D eigenvalue weighted by Gasteiger charge is -2.17. The van der Waals surface area contributed by atoms with Crippen LogP contribution in [0.1, 0.15) is 37.6 Å². The Hall–Kier alpha value is -0.680. The van der Waals surface area contributed by atoms with Crippen molar-refractivity contribution in [3.63, 3.8) is 0 Å². The predicted octanol–water partition coefficient (Wildman–Crippen LogP) is 2.42. The zero-order valence-electron chi connectivity index (χ0n) is 11.4. The molecular formula is C14H19BrN2O2. The monoisotopic (exact) mass is 326 g/mol. The molecule has 2 aliphatic heterocycles. The molecule has 3 unspecified atom stereocenters. The molecule has 19 heavy (non-hydrogen) atoms. The SMILES string of the molecule is CCc1nn(C)c(CC(=O)C2CC3CCC2O3)c1Br. The van der Waals surface area contributed by atoms with Gasteiger partial charge in [0.05, 0.1) is 28.1 Å². The Morgan fingerprint density at radius 3 is 2.84 bits per heavy atom. The normalized spacial score (nSPS) is 29.1. The van der Waals surface area contributed by atoms with Crippen molar-refractivity contribution in [3.05, 3.63) is 15.9 Å². The second kappa shape index (κ2) is 5.02. The van der Waals surface area contributed by atoms with Crippen LogP contribution < -0.4 is 0 Å². The summed E-state index contributed by atoms with van der Waals surface area (Å²) in [4.78, 5) is 12.5. The van der Waals surface area contributed by atoms with Crippen molar-refractivity contribution in [2.24, 2.45) is 13.0 Å². The van der Waals surface area contributed by atoms with E-state index >= 15 is 0 Å². The number of aromatic nitrogens is 2. The smallest absolute Gasteiger partial charge is 0.144 e. The van der Waals surface area contributed by atoms with Crippen molar-refractivity contribution in [3.8, 4) is 0 Å². The van der Waals surface area contributed by atoms with E-state index in [1.54, 1.807) is 0 Å². The lowest BCUT2D eigenvalue weighted by atomic mass is 9.85. The van der Waals surface area contributed by atoms with Crippen molar-refractivity contribution in [1.29, 1.82) is 0 Å². The third-order valence-electron chi connectivity index (χ3n) is 4.36. The Morgan fingerprint density at radius 2 is 2.32 bits per heavy atom. The quantitative estimate of drug-likeness (QED) is 0.853. The number of carbonyl (C=O) groups excluding carboxylic acids is 1. The van der Waals surface area contributed by atoms with E-state index in [1.165, 1.54) is 0 Å². The van der Waals surface area contributed by atoms with Crippen LogP contribution in [0.15, 0.2) is 4.47 Å². The standard InChI is InChI=1S/C14H19BrN2O2/c1-3-10-14(15)11(17(2)16-10)7-12(18)9-6-8-4-5-13(9)19-8/h8-9,13H,3-7H2,1-2H3. The molecule has 3 atom stereocenters. The molecule has 104 valence electrons. The minimum absolute atomic E-state index is 0.102. The van der Waals surface area contributed by atoms with Crippen LogP contribution in [0.4, 0.5) is 0 Å². The minimum atomic E-state index is 0.102. The fraction of sp³-hybridized carbons (Fsp3) is 0.714. The van der Waals surface area contributed by atoms with Crippen molar-refractivity contribution in [2.75, 3.05) is 0 Å². The molecule has 0 amide bonds. The summed E-state index contributed by atoms with van der Waals surface area (Å²) in [5.41, 5.74) is 2.01. The first-order chi connectivity index (χ1) is 9.10. The summed E-state index contributed by atoms with van der Waals surface area (Å²) in [5.74, 6) is 0.407. The maximum atomic E-state index is 12.5. The van der Waals surface area contributed by atoms with Gasteiger partial charge in [-0.05, 0) is 41.6 Å². The van der Waals surface area contributed by atoms with Gasteiger partial charge in [-0.1, -0.05) is 6.92 Å². The highest BCUT2D eigenvalue weighted by Gasteiger charge is 2.44. The number of halogens is 1. The van der Waals surface area contributed by atoms with Crippen LogP contribution in [-0.2, 0) is 29.4 Å². The maximum Gasteiger partial charge on any atom is 0.144 e. The van der Waals surface area contributed by atoms with Crippen LogP contribution in [0, 0.1) is 5.92 Å². The maximum absolute atomic E-state index is 12.5. The summed E-state index contributed by atoms with van der Waals surface area (Å²) in [5, 5.41) is 4.44. The van der Waals surface area contributed by atoms with Gasteiger partial charge in [-0.2, -0.15) is 5.10 Å². The molecule has 2 fully saturated rings. The van der Waals surface area contributed by atoms with E-state index in [9.17, 15) is 4.79 Å². The van der Waals surface area contributed by atoms with E-state index in [2.05, 4.69) is 28.0 Å². The molecule has 3 heterocycles. The Morgan fingerprint density at radius 1 is 1.53 bits per heavy atom. The van der Waals surface area contributed by atoms with Gasteiger partial charge in [-0.3, -0.25) is 9.48 Å². The van der Waals surface area contributed by atoms with Crippen molar-refractivity contribution in [2.45, 2.75) is 51.2 Å². The van der Waals surface area contributed by atoms with E-state index < -0.39 is 0 Å². The summed E-state index contributed by atoms with van der Waals surface area (Å²) in [6.45, 7) is 2.07. The molecule has 0 radical (unpaired) electrons. The predicted molar refractivity (Wildman–Crippen MR) is 75.0 cm³/mol. The third-order valence-corrected chi connectivity index (χ3v) is 5.28. The number of aryl methyl sites for hydroxylation is 2. The van der Waals surface area contributed by atoms with Crippen LogP contribution in [0.3, 0.4) is 0 Å². The highest BCUT2D eigenvalue weighted by atomic mass is 79.9. The highest BCUT2D eigenvalue weighted by Crippen LogP contribution is 2.39. The summed E-state index contributed by atoms with van der Waals surface area (Å²) in [7, 11) is 1.91. The molecule has 0 aromatic carbocycles. The second-order valence-electron chi connectivity index (χ2n) is 5.54. The van der Waals surface area contributed by atoms with Crippen molar-refractivity contribution >= 4 is 21.7 Å². The number of fused-ring (bicyclic) bond motifs is 2. The molecule has 1 aromatic heterocycles. The first-order valence-corrected chi connectivity index (χ1v) is 7.77. The first-order valence-electron chi connectivity index (χ1n) is 6.98. The van der Waals surface area contributed by atoms with Crippen LogP contribution in [0.5, 0.6) is 0 Å². The average molecular weight is 327 g/mol. The molecule has 1 aromatic rings. The van der Waals surface area contributed by atoms with Gasteiger partial charge in [0.15, 0.2) is 0 Å². The summed E-state index contributed by atoms with van der Waals surface area (Å²) in [6.07, 6.45) is 4.94. The van der Waals surface area contributed by atoms with Gasteiger partial charge >= 0.3 is 0 Å². The number of ketones is 1. The molecule has 2 saturated heterocycles. The zero-order chi connectivity index (χ0) is 13.6. The van der Waals surface area contributed by atoms with E-state index in [0.29, 0.717) is 18.3 Å². The van der Waals surface area contributed by atoms with Gasteiger partial charge in [-0.25, -0.2) is 0 Å². The topological polar surface area (TPSA) is 44.1 Å². The number of hydrogen-bond acceptors (Lipinski definition) is 3. The molecule has 0 aliphatic carbocycles. The number of ether oxygens (including phenoxy) is 1. The van der Waals surface area contributed by atoms with Gasteiger partial charge in [-0.15, -0.1) is 0 Å². The average Bonchev–Trinajstić information content (AvgIpc) is 3.08. The minimum Gasteiger partial charge on any atom is -0.374 e. The van der Waals surface area contributed by atoms with E-state index in [0.717, 1.165) is 41.5 Å². The largest absolute Gasteiger partial charge is 0.374 e. The van der Waals surface area contributed by atoms with Crippen molar-refractivity contribution < 1.29 is 9.53 Å². The molecule has 2 bridgehead atoms. The Balaban J connectivity index is 1.75. The zero-order valence-corrected chi connectivity index (χ0v) is 12.9.